The summed E-state index contributed by atoms with van der Waals surface area (Å²) in [6.45, 7) is 4.00. The van der Waals surface area contributed by atoms with E-state index in [1.165, 1.54) is 13.8 Å². The number of rotatable bonds is 17. The first-order chi connectivity index (χ1) is 22.6. The van der Waals surface area contributed by atoms with Crippen molar-refractivity contribution in [2.45, 2.75) is 114 Å². The Hall–Kier alpha value is -3.42. The Bertz CT molecular complexity index is 1060. The number of carboxylic acid groups (broad SMARTS) is 2. The lowest BCUT2D eigenvalue weighted by atomic mass is 9.97. The van der Waals surface area contributed by atoms with Gasteiger partial charge in [-0.1, -0.05) is 0 Å². The first kappa shape index (κ1) is 47.7. The molecule has 0 bridgehead atoms. The van der Waals surface area contributed by atoms with Crippen LogP contribution in [0.1, 0.15) is 40.5 Å². The number of amides is 3. The molecule has 1 heterocycles. The van der Waals surface area contributed by atoms with Gasteiger partial charge in [-0.25, -0.2) is 4.79 Å². The molecule has 3 amide bonds. The molecule has 0 spiro atoms. The third-order valence-corrected chi connectivity index (χ3v) is 6.84. The van der Waals surface area contributed by atoms with Crippen LogP contribution in [0.2, 0.25) is 0 Å². The lowest BCUT2D eigenvalue weighted by molar-refractivity contribution is -0.263. The Morgan fingerprint density at radius 3 is 1.96 bits per heavy atom. The van der Waals surface area contributed by atoms with Gasteiger partial charge in [0.05, 0.1) is 31.4 Å². The quantitative estimate of drug-likeness (QED) is 0.0621. The van der Waals surface area contributed by atoms with Gasteiger partial charge in [-0.3, -0.25) is 19.2 Å². The molecule has 0 saturated carbocycles. The fraction of sp³-hybridized carbons (Fsp3) is 0.778. The number of hydrogen-bond acceptors (Lipinski definition) is 17. The molecule has 0 radical (unpaired) electrons. The number of aliphatic hydroxyl groups is 7. The van der Waals surface area contributed by atoms with Gasteiger partial charge in [-0.2, -0.15) is 0 Å². The zero-order valence-electron chi connectivity index (χ0n) is 27.5. The molecule has 0 aliphatic carbocycles. The van der Waals surface area contributed by atoms with Crippen LogP contribution in [0, 0.1) is 0 Å². The fourth-order valence-electron chi connectivity index (χ4n) is 3.96. The van der Waals surface area contributed by atoms with Gasteiger partial charge < -0.3 is 87.6 Å². The molecule has 1 saturated heterocycles. The number of aldehydes is 1. The van der Waals surface area contributed by atoms with E-state index in [1.807, 2.05) is 0 Å². The third kappa shape index (κ3) is 17.7. The first-order valence-corrected chi connectivity index (χ1v) is 14.7. The van der Waals surface area contributed by atoms with Crippen molar-refractivity contribution >= 4 is 35.9 Å². The minimum absolute atomic E-state index is 0.0422. The number of carboxylic acids is 2. The van der Waals surface area contributed by atoms with Crippen molar-refractivity contribution in [1.82, 2.24) is 10.2 Å². The number of nitrogens with one attached hydrogen (secondary N) is 1. The number of carbonyl (C=O) groups is 6. The number of aliphatic hydroxyl groups excluding tert-OH is 7. The Balaban J connectivity index is 0. The highest BCUT2D eigenvalue weighted by Gasteiger charge is 2.44. The summed E-state index contributed by atoms with van der Waals surface area (Å²) in [5.74, 6) is -3.80. The van der Waals surface area contributed by atoms with E-state index in [1.54, 1.807) is 6.92 Å². The topological polar surface area (TPSA) is 396 Å². The van der Waals surface area contributed by atoms with E-state index in [9.17, 15) is 49.2 Å². The van der Waals surface area contributed by atoms with Crippen LogP contribution in [0.15, 0.2) is 0 Å². The van der Waals surface area contributed by atoms with Crippen molar-refractivity contribution in [3.05, 3.63) is 0 Å². The molecule has 1 aliphatic heterocycles. The van der Waals surface area contributed by atoms with Crippen molar-refractivity contribution in [2.75, 3.05) is 19.8 Å². The fourth-order valence-corrected chi connectivity index (χ4v) is 3.96. The molecule has 0 aromatic carbocycles. The van der Waals surface area contributed by atoms with Crippen molar-refractivity contribution in [3.63, 3.8) is 0 Å². The summed E-state index contributed by atoms with van der Waals surface area (Å²) < 4.78 is 10.6. The Labute approximate surface area is 281 Å². The molecular weight excluding hydrogens is 666 g/mol. The molecule has 1 unspecified atom stereocenters. The monoisotopic (exact) mass is 717 g/mol. The zero-order valence-corrected chi connectivity index (χ0v) is 27.5. The van der Waals surface area contributed by atoms with Gasteiger partial charge in [-0.15, -0.1) is 0 Å². The van der Waals surface area contributed by atoms with Gasteiger partial charge in [0.2, 0.25) is 17.7 Å². The van der Waals surface area contributed by atoms with Crippen molar-refractivity contribution in [2.24, 2.45) is 17.2 Å². The van der Waals surface area contributed by atoms with Gasteiger partial charge >= 0.3 is 11.9 Å². The summed E-state index contributed by atoms with van der Waals surface area (Å²) >= 11 is 0. The first-order valence-electron chi connectivity index (χ1n) is 14.7. The molecule has 49 heavy (non-hydrogen) atoms. The number of nitrogens with zero attached hydrogens (tertiary/aromatic N) is 1. The Morgan fingerprint density at radius 2 is 1.57 bits per heavy atom. The summed E-state index contributed by atoms with van der Waals surface area (Å²) in [6, 6.07) is -4.26. The van der Waals surface area contributed by atoms with E-state index in [0.29, 0.717) is 0 Å². The maximum Gasteiger partial charge on any atom is 0.326 e. The molecule has 286 valence electrons. The average Bonchev–Trinajstić information content (AvgIpc) is 3.03. The number of primary amides is 1. The number of ether oxygens (including phenoxy) is 2. The van der Waals surface area contributed by atoms with Crippen LogP contribution >= 0.6 is 0 Å². The maximum atomic E-state index is 11.6. The second-order valence-corrected chi connectivity index (χ2v) is 10.9. The van der Waals surface area contributed by atoms with Crippen LogP contribution in [0.5, 0.6) is 0 Å². The van der Waals surface area contributed by atoms with Crippen molar-refractivity contribution in [1.29, 1.82) is 0 Å². The summed E-state index contributed by atoms with van der Waals surface area (Å²) in [7, 11) is 0. The number of hydrogen-bond donors (Lipinski definition) is 13. The second-order valence-electron chi connectivity index (χ2n) is 10.9. The number of nitrogens with two attached hydrogens (primary N) is 3. The molecule has 12 atom stereocenters. The maximum absolute atomic E-state index is 11.6. The van der Waals surface area contributed by atoms with E-state index in [-0.39, 0.29) is 25.7 Å². The number of aliphatic carboxylic acids is 2. The minimum Gasteiger partial charge on any atom is -0.481 e. The van der Waals surface area contributed by atoms with Crippen LogP contribution in [0.3, 0.4) is 0 Å². The molecule has 22 heteroatoms. The number of carbonyl (C=O) groups excluding carboxylic acids is 4. The summed E-state index contributed by atoms with van der Waals surface area (Å²) in [6.07, 6.45) is -10.2. The standard InChI is InChI=1S/C14H26N2O8.C8H15NO6.C5H10N2O3/c1-6(4-16(8(3)18)7(2)13(20)21)23-12-10(15)14(22)24-9(5-17)11(12)19;1-4(12)9-5(2-10)7(14)8(15)6(13)3-11;6-3(5(7)10)1-2-4(8)9/h6-7,9-12,14,17,19,22H,4-5,15H2,1-3H3,(H,20,21);2,5-8,11,13-15H,3H2,1H3,(H,9,12);3H,1-2,6H2,(H2,7,10)(H,8,9)/t6?,7-,9+,10+,11+,12+,14-;5-,6+,7+,8+;3-/m001/s1. The van der Waals surface area contributed by atoms with Gasteiger partial charge in [0, 0.05) is 26.8 Å². The average molecular weight is 718 g/mol. The highest BCUT2D eigenvalue weighted by molar-refractivity contribution is 5.82. The van der Waals surface area contributed by atoms with Crippen LogP contribution in [0.25, 0.3) is 0 Å². The molecule has 0 aromatic heterocycles. The Kier molecular flexibility index (Phi) is 23.2. The van der Waals surface area contributed by atoms with Crippen LogP contribution in [0.4, 0.5) is 0 Å². The van der Waals surface area contributed by atoms with E-state index >= 15 is 0 Å². The van der Waals surface area contributed by atoms with E-state index in [4.69, 9.17) is 52.2 Å². The SMILES string of the molecule is CC(=O)N(CC(C)O[C@@H]1[C@@H](N)[C@@H](O)O[C@H](CO)[C@H]1O)[C@@H](C)C(=O)O.CC(=O)N[C@@H](C=O)[C@@H](O)[C@H](O)[C@H](O)CO.NC(=O)[C@H](N)CCC(=O)O. The third-order valence-electron chi connectivity index (χ3n) is 6.84. The predicted molar refractivity (Wildman–Crippen MR) is 164 cm³/mol. The summed E-state index contributed by atoms with van der Waals surface area (Å²) in [5.41, 5.74) is 15.7. The molecule has 22 nitrogen and oxygen atoms in total. The molecule has 0 aromatic rings. The van der Waals surface area contributed by atoms with Crippen molar-refractivity contribution in [3.8, 4) is 0 Å². The van der Waals surface area contributed by atoms with Crippen molar-refractivity contribution < 1.29 is 84.2 Å². The zero-order chi connectivity index (χ0) is 38.8. The highest BCUT2D eigenvalue weighted by atomic mass is 16.6. The van der Waals surface area contributed by atoms with E-state index < -0.39 is 116 Å². The van der Waals surface area contributed by atoms with Gasteiger partial charge in [0.1, 0.15) is 55.0 Å². The van der Waals surface area contributed by atoms with Gasteiger partial charge in [0.25, 0.3) is 0 Å². The normalized spacial score (nSPS) is 24.4. The minimum atomic E-state index is -1.71. The summed E-state index contributed by atoms with van der Waals surface area (Å²) in [4.78, 5) is 65.0. The van der Waals surface area contributed by atoms with E-state index in [2.05, 4.69) is 5.32 Å². The molecule has 1 fully saturated rings. The molecule has 1 rings (SSSR count). The highest BCUT2D eigenvalue weighted by Crippen LogP contribution is 2.22. The second kappa shape index (κ2) is 23.9. The lowest BCUT2D eigenvalue weighted by Gasteiger charge is -2.42. The van der Waals surface area contributed by atoms with Crippen LogP contribution < -0.4 is 22.5 Å². The molecular formula is C27H51N5O17. The largest absolute Gasteiger partial charge is 0.481 e. The van der Waals surface area contributed by atoms with Gasteiger partial charge in [-0.05, 0) is 20.3 Å². The predicted octanol–water partition coefficient (Wildman–Crippen LogP) is -7.09. The Morgan fingerprint density at radius 1 is 1.02 bits per heavy atom. The smallest absolute Gasteiger partial charge is 0.326 e. The lowest BCUT2D eigenvalue weighted by Crippen LogP contribution is -2.63. The summed E-state index contributed by atoms with van der Waals surface area (Å²) in [5, 5.41) is 84.3. The van der Waals surface area contributed by atoms with E-state index in [0.717, 1.165) is 11.8 Å². The molecule has 1 aliphatic rings. The molecule has 16 N–H and O–H groups in total. The van der Waals surface area contributed by atoms with Gasteiger partial charge in [0.15, 0.2) is 6.29 Å². The van der Waals surface area contributed by atoms with Crippen LogP contribution in [-0.2, 0) is 38.2 Å². The van der Waals surface area contributed by atoms with Crippen LogP contribution in [-0.4, -0.2) is 180 Å².